The van der Waals surface area contributed by atoms with Crippen molar-refractivity contribution < 1.29 is 24.3 Å². The summed E-state index contributed by atoms with van der Waals surface area (Å²) < 4.78 is 0. The number of carbonyl (C=O) groups is 4. The molecule has 1 fully saturated rings. The first-order valence-corrected chi connectivity index (χ1v) is 12.3. The van der Waals surface area contributed by atoms with Crippen LogP contribution in [0.25, 0.3) is 0 Å². The minimum atomic E-state index is -1.10. The molecule has 0 aromatic heterocycles. The van der Waals surface area contributed by atoms with Crippen LogP contribution in [-0.2, 0) is 19.2 Å². The zero-order chi connectivity index (χ0) is 23.7. The predicted molar refractivity (Wildman–Crippen MR) is 121 cm³/mol. The van der Waals surface area contributed by atoms with E-state index in [1.165, 1.54) is 16.7 Å². The SMILES string of the molecule is CSCC[C@H](NC(=O)[C@@H]1CCCN1C(=O)[C@@H](N)C(C)C)C(=O)N[C@@H](CC(C)C)C(=O)O. The Labute approximate surface area is 189 Å². The molecule has 0 aromatic rings. The third-order valence-corrected chi connectivity index (χ3v) is 6.05. The molecule has 0 unspecified atom stereocenters. The summed E-state index contributed by atoms with van der Waals surface area (Å²) in [6, 6.07) is -3.25. The molecule has 0 spiro atoms. The molecular formula is C21H38N4O5S. The highest BCUT2D eigenvalue weighted by atomic mass is 32.2. The number of hydrogen-bond acceptors (Lipinski definition) is 6. The molecule has 9 nitrogen and oxygen atoms in total. The Balaban J connectivity index is 2.90. The second kappa shape index (κ2) is 12.9. The maximum absolute atomic E-state index is 13.0. The van der Waals surface area contributed by atoms with Gasteiger partial charge in [0.15, 0.2) is 0 Å². The zero-order valence-corrected chi connectivity index (χ0v) is 20.0. The van der Waals surface area contributed by atoms with E-state index in [-0.39, 0.29) is 17.7 Å². The van der Waals surface area contributed by atoms with E-state index in [9.17, 15) is 24.3 Å². The van der Waals surface area contributed by atoms with Gasteiger partial charge in [-0.25, -0.2) is 4.79 Å². The van der Waals surface area contributed by atoms with Crippen molar-refractivity contribution in [2.75, 3.05) is 18.6 Å². The van der Waals surface area contributed by atoms with E-state index >= 15 is 0 Å². The van der Waals surface area contributed by atoms with Crippen molar-refractivity contribution >= 4 is 35.5 Å². The zero-order valence-electron chi connectivity index (χ0n) is 19.2. The molecule has 0 aliphatic carbocycles. The van der Waals surface area contributed by atoms with Crippen molar-refractivity contribution in [2.45, 2.75) is 77.5 Å². The first-order chi connectivity index (χ1) is 14.5. The average molecular weight is 459 g/mol. The van der Waals surface area contributed by atoms with Gasteiger partial charge in [-0.05, 0) is 49.5 Å². The minimum absolute atomic E-state index is 0.0502. The van der Waals surface area contributed by atoms with Crippen LogP contribution in [0.2, 0.25) is 0 Å². The maximum atomic E-state index is 13.0. The fourth-order valence-corrected chi connectivity index (χ4v) is 3.99. The number of thioether (sulfide) groups is 1. The fraction of sp³-hybridized carbons (Fsp3) is 0.810. The smallest absolute Gasteiger partial charge is 0.326 e. The molecule has 1 aliphatic heterocycles. The Bertz CT molecular complexity index is 643. The first kappa shape index (κ1) is 27.2. The van der Waals surface area contributed by atoms with Gasteiger partial charge in [-0.1, -0.05) is 27.7 Å². The summed E-state index contributed by atoms with van der Waals surface area (Å²) in [5, 5.41) is 14.7. The van der Waals surface area contributed by atoms with Crippen LogP contribution in [0, 0.1) is 11.8 Å². The molecule has 3 amide bonds. The second-order valence-electron chi connectivity index (χ2n) is 8.83. The van der Waals surface area contributed by atoms with Crippen LogP contribution >= 0.6 is 11.8 Å². The number of carbonyl (C=O) groups excluding carboxylic acids is 3. The summed E-state index contributed by atoms with van der Waals surface area (Å²) >= 11 is 1.53. The van der Waals surface area contributed by atoms with Crippen LogP contribution in [0.1, 0.15) is 53.4 Å². The minimum Gasteiger partial charge on any atom is -0.480 e. The summed E-state index contributed by atoms with van der Waals surface area (Å²) in [7, 11) is 0. The maximum Gasteiger partial charge on any atom is 0.326 e. The molecule has 5 N–H and O–H groups in total. The van der Waals surface area contributed by atoms with Crippen molar-refractivity contribution in [3.05, 3.63) is 0 Å². The van der Waals surface area contributed by atoms with Crippen LogP contribution in [0.3, 0.4) is 0 Å². The van der Waals surface area contributed by atoms with Crippen LogP contribution in [0.5, 0.6) is 0 Å². The predicted octanol–water partition coefficient (Wildman–Crippen LogP) is 0.814. The van der Waals surface area contributed by atoms with Gasteiger partial charge in [-0.2, -0.15) is 11.8 Å². The molecule has 1 heterocycles. The lowest BCUT2D eigenvalue weighted by Gasteiger charge is -2.29. The van der Waals surface area contributed by atoms with E-state index in [0.717, 1.165) is 0 Å². The lowest BCUT2D eigenvalue weighted by atomic mass is 10.0. The Morgan fingerprint density at radius 3 is 2.29 bits per heavy atom. The van der Waals surface area contributed by atoms with Crippen molar-refractivity contribution in [1.29, 1.82) is 0 Å². The van der Waals surface area contributed by atoms with E-state index in [1.807, 2.05) is 34.0 Å². The number of likely N-dealkylation sites (tertiary alicyclic amines) is 1. The molecule has 1 aliphatic rings. The number of carboxylic acids is 1. The van der Waals surface area contributed by atoms with Gasteiger partial charge in [0, 0.05) is 6.54 Å². The molecule has 178 valence electrons. The molecule has 0 aromatic carbocycles. The van der Waals surface area contributed by atoms with Crippen molar-refractivity contribution in [3.8, 4) is 0 Å². The molecule has 10 heteroatoms. The van der Waals surface area contributed by atoms with Crippen LogP contribution in [-0.4, -0.2) is 76.4 Å². The van der Waals surface area contributed by atoms with Gasteiger partial charge in [-0.15, -0.1) is 0 Å². The molecule has 0 radical (unpaired) electrons. The van der Waals surface area contributed by atoms with E-state index in [2.05, 4.69) is 10.6 Å². The lowest BCUT2D eigenvalue weighted by molar-refractivity contribution is -0.143. The van der Waals surface area contributed by atoms with Crippen molar-refractivity contribution in [1.82, 2.24) is 15.5 Å². The number of aliphatic carboxylic acids is 1. The van der Waals surface area contributed by atoms with E-state index in [4.69, 9.17) is 5.73 Å². The highest BCUT2D eigenvalue weighted by Gasteiger charge is 2.38. The molecule has 0 bridgehead atoms. The van der Waals surface area contributed by atoms with E-state index < -0.39 is 42.0 Å². The Kier molecular flexibility index (Phi) is 11.3. The Hall–Kier alpha value is -1.81. The summed E-state index contributed by atoms with van der Waals surface area (Å²) in [5.41, 5.74) is 5.99. The summed E-state index contributed by atoms with van der Waals surface area (Å²) in [5.74, 6) is -1.64. The van der Waals surface area contributed by atoms with Gasteiger partial charge in [0.2, 0.25) is 17.7 Å². The van der Waals surface area contributed by atoms with Gasteiger partial charge in [0.25, 0.3) is 0 Å². The monoisotopic (exact) mass is 458 g/mol. The van der Waals surface area contributed by atoms with Crippen LogP contribution in [0.4, 0.5) is 0 Å². The number of nitrogens with two attached hydrogens (primary N) is 1. The normalized spacial score (nSPS) is 19.2. The average Bonchev–Trinajstić information content (AvgIpc) is 3.18. The van der Waals surface area contributed by atoms with Crippen molar-refractivity contribution in [2.24, 2.45) is 17.6 Å². The number of carboxylic acid groups (broad SMARTS) is 1. The quantitative estimate of drug-likeness (QED) is 0.339. The largest absolute Gasteiger partial charge is 0.480 e. The van der Waals surface area contributed by atoms with Crippen LogP contribution < -0.4 is 16.4 Å². The summed E-state index contributed by atoms with van der Waals surface area (Å²) in [6.07, 6.45) is 3.73. The van der Waals surface area contributed by atoms with E-state index in [0.29, 0.717) is 38.0 Å². The summed E-state index contributed by atoms with van der Waals surface area (Å²) in [4.78, 5) is 51.5. The number of amides is 3. The lowest BCUT2D eigenvalue weighted by Crippen LogP contribution is -2.57. The second-order valence-corrected chi connectivity index (χ2v) is 9.82. The highest BCUT2D eigenvalue weighted by Crippen LogP contribution is 2.20. The molecule has 31 heavy (non-hydrogen) atoms. The Morgan fingerprint density at radius 2 is 1.77 bits per heavy atom. The number of nitrogens with zero attached hydrogens (tertiary/aromatic N) is 1. The highest BCUT2D eigenvalue weighted by molar-refractivity contribution is 7.98. The first-order valence-electron chi connectivity index (χ1n) is 10.9. The van der Waals surface area contributed by atoms with Gasteiger partial charge in [-0.3, -0.25) is 14.4 Å². The third-order valence-electron chi connectivity index (χ3n) is 5.41. The summed E-state index contributed by atoms with van der Waals surface area (Å²) in [6.45, 7) is 7.92. The molecular weight excluding hydrogens is 420 g/mol. The van der Waals surface area contributed by atoms with Crippen LogP contribution in [0.15, 0.2) is 0 Å². The topological polar surface area (TPSA) is 142 Å². The molecule has 1 rings (SSSR count). The van der Waals surface area contributed by atoms with E-state index in [1.54, 1.807) is 0 Å². The molecule has 0 saturated carbocycles. The number of hydrogen-bond donors (Lipinski definition) is 4. The number of rotatable bonds is 12. The third kappa shape index (κ3) is 8.33. The van der Waals surface area contributed by atoms with Gasteiger partial charge in [0.05, 0.1) is 6.04 Å². The Morgan fingerprint density at radius 1 is 1.13 bits per heavy atom. The fourth-order valence-electron chi connectivity index (χ4n) is 3.52. The van der Waals surface area contributed by atoms with Crippen molar-refractivity contribution in [3.63, 3.8) is 0 Å². The van der Waals surface area contributed by atoms with Gasteiger partial charge >= 0.3 is 5.97 Å². The molecule has 1 saturated heterocycles. The number of nitrogens with one attached hydrogen (secondary N) is 2. The molecule has 4 atom stereocenters. The van der Waals surface area contributed by atoms with Gasteiger partial charge in [0.1, 0.15) is 18.1 Å². The standard InChI is InChI=1S/C21H38N4O5S/c1-12(2)11-15(21(29)30)24-18(26)14(8-10-31-5)23-19(27)16-7-6-9-25(16)20(28)17(22)13(3)4/h12-17H,6-11,22H2,1-5H3,(H,23,27)(H,24,26)(H,29,30)/t14-,15-,16-,17-/m0/s1. The van der Waals surface area contributed by atoms with Gasteiger partial charge < -0.3 is 26.4 Å².